The van der Waals surface area contributed by atoms with Gasteiger partial charge in [0, 0.05) is 18.6 Å². The molecular formula is C9H7F3O2. The molecular weight excluding hydrogens is 197 g/mol. The maximum absolute atomic E-state index is 12.8. The van der Waals surface area contributed by atoms with Crippen molar-refractivity contribution in [1.82, 2.24) is 0 Å². The molecule has 0 aliphatic rings. The van der Waals surface area contributed by atoms with E-state index in [1.165, 1.54) is 6.92 Å². The summed E-state index contributed by atoms with van der Waals surface area (Å²) in [5, 5.41) is 0. The average molecular weight is 204 g/mol. The maximum Gasteiger partial charge on any atom is 0.311 e. The average Bonchev–Trinajstić information content (AvgIpc) is 2.14. The largest absolute Gasteiger partial charge is 0.423 e. The van der Waals surface area contributed by atoms with Crippen LogP contribution >= 0.6 is 0 Å². The molecule has 0 saturated heterocycles. The van der Waals surface area contributed by atoms with Crippen LogP contribution in [0.2, 0.25) is 0 Å². The fraction of sp³-hybridized carbons (Fsp3) is 0.222. The molecule has 14 heavy (non-hydrogen) atoms. The van der Waals surface area contributed by atoms with Crippen molar-refractivity contribution in [2.45, 2.75) is 13.3 Å². The summed E-state index contributed by atoms with van der Waals surface area (Å²) < 4.78 is 42.3. The second kappa shape index (κ2) is 4.13. The number of hydrogen-bond acceptors (Lipinski definition) is 2. The van der Waals surface area contributed by atoms with Gasteiger partial charge in [-0.05, 0) is 0 Å². The molecule has 0 N–H and O–H groups in total. The van der Waals surface area contributed by atoms with Gasteiger partial charge < -0.3 is 4.74 Å². The van der Waals surface area contributed by atoms with E-state index in [4.69, 9.17) is 0 Å². The molecule has 0 unspecified atom stereocenters. The van der Waals surface area contributed by atoms with Crippen molar-refractivity contribution in [1.29, 1.82) is 0 Å². The first-order valence-corrected chi connectivity index (χ1v) is 3.89. The molecule has 0 fully saturated rings. The van der Waals surface area contributed by atoms with Gasteiger partial charge in [0.25, 0.3) is 0 Å². The maximum atomic E-state index is 12.8. The molecule has 0 bridgehead atoms. The van der Waals surface area contributed by atoms with Gasteiger partial charge in [-0.3, -0.25) is 4.79 Å². The van der Waals surface area contributed by atoms with Crippen molar-refractivity contribution in [2.75, 3.05) is 0 Å². The standard InChI is InChI=1S/C9H7F3O2/c1-2-9(13)14-8-4-6(11)5(10)3-7(8)12/h3-4H,2H2,1H3. The van der Waals surface area contributed by atoms with Crippen LogP contribution in [0.4, 0.5) is 13.2 Å². The Morgan fingerprint density at radius 3 is 2.36 bits per heavy atom. The van der Waals surface area contributed by atoms with Gasteiger partial charge in [0.2, 0.25) is 0 Å². The Bertz CT molecular complexity index is 363. The van der Waals surface area contributed by atoms with Crippen LogP contribution in [0.1, 0.15) is 13.3 Å². The summed E-state index contributed by atoms with van der Waals surface area (Å²) in [5.41, 5.74) is 0. The van der Waals surface area contributed by atoms with Gasteiger partial charge in [-0.25, -0.2) is 13.2 Å². The quantitative estimate of drug-likeness (QED) is 0.420. The highest BCUT2D eigenvalue weighted by Crippen LogP contribution is 2.20. The highest BCUT2D eigenvalue weighted by atomic mass is 19.2. The molecule has 2 nitrogen and oxygen atoms in total. The Labute approximate surface area is 78.3 Å². The number of hydrogen-bond donors (Lipinski definition) is 0. The van der Waals surface area contributed by atoms with E-state index in [-0.39, 0.29) is 6.42 Å². The van der Waals surface area contributed by atoms with E-state index in [1.807, 2.05) is 0 Å². The first-order chi connectivity index (χ1) is 6.54. The molecule has 0 spiro atoms. The fourth-order valence-electron chi connectivity index (χ4n) is 0.777. The zero-order valence-electron chi connectivity index (χ0n) is 7.31. The predicted molar refractivity (Wildman–Crippen MR) is 42.2 cm³/mol. The van der Waals surface area contributed by atoms with Crippen molar-refractivity contribution in [3.05, 3.63) is 29.6 Å². The van der Waals surface area contributed by atoms with Crippen molar-refractivity contribution in [3.8, 4) is 5.75 Å². The van der Waals surface area contributed by atoms with Gasteiger partial charge >= 0.3 is 5.97 Å². The molecule has 1 aromatic carbocycles. The van der Waals surface area contributed by atoms with Gasteiger partial charge in [0.1, 0.15) is 0 Å². The molecule has 0 saturated carbocycles. The smallest absolute Gasteiger partial charge is 0.311 e. The number of ether oxygens (including phenoxy) is 1. The molecule has 0 radical (unpaired) electrons. The minimum atomic E-state index is -1.32. The van der Waals surface area contributed by atoms with Crippen LogP contribution in [0.3, 0.4) is 0 Å². The van der Waals surface area contributed by atoms with E-state index in [0.717, 1.165) is 0 Å². The van der Waals surface area contributed by atoms with Crippen LogP contribution in [-0.2, 0) is 4.79 Å². The third kappa shape index (κ3) is 2.25. The van der Waals surface area contributed by atoms with Crippen LogP contribution < -0.4 is 4.74 Å². The van der Waals surface area contributed by atoms with E-state index in [1.54, 1.807) is 0 Å². The minimum Gasteiger partial charge on any atom is -0.423 e. The lowest BCUT2D eigenvalue weighted by Crippen LogP contribution is -2.07. The van der Waals surface area contributed by atoms with Crippen LogP contribution in [0.25, 0.3) is 0 Å². The summed E-state index contributed by atoms with van der Waals surface area (Å²) in [5.74, 6) is -5.00. The number of halogens is 3. The molecule has 1 aromatic rings. The normalized spacial score (nSPS) is 10.0. The number of carbonyl (C=O) groups excluding carboxylic acids is 1. The van der Waals surface area contributed by atoms with Crippen LogP contribution in [0, 0.1) is 17.5 Å². The Hall–Kier alpha value is -1.52. The number of benzene rings is 1. The topological polar surface area (TPSA) is 26.3 Å². The number of carbonyl (C=O) groups is 1. The molecule has 76 valence electrons. The zero-order chi connectivity index (χ0) is 10.7. The fourth-order valence-corrected chi connectivity index (χ4v) is 0.777. The summed E-state index contributed by atoms with van der Waals surface area (Å²) in [7, 11) is 0. The zero-order valence-corrected chi connectivity index (χ0v) is 7.31. The van der Waals surface area contributed by atoms with Gasteiger partial charge in [0.15, 0.2) is 23.2 Å². The number of esters is 1. The van der Waals surface area contributed by atoms with E-state index >= 15 is 0 Å². The van der Waals surface area contributed by atoms with E-state index in [9.17, 15) is 18.0 Å². The van der Waals surface area contributed by atoms with Crippen molar-refractivity contribution < 1.29 is 22.7 Å². The molecule has 1 rings (SSSR count). The van der Waals surface area contributed by atoms with E-state index in [0.29, 0.717) is 12.1 Å². The minimum absolute atomic E-state index is 0.0262. The monoisotopic (exact) mass is 204 g/mol. The lowest BCUT2D eigenvalue weighted by molar-refractivity contribution is -0.134. The van der Waals surface area contributed by atoms with E-state index < -0.39 is 29.2 Å². The molecule has 0 aromatic heterocycles. The van der Waals surface area contributed by atoms with Crippen LogP contribution in [-0.4, -0.2) is 5.97 Å². The Morgan fingerprint density at radius 1 is 1.21 bits per heavy atom. The summed E-state index contributed by atoms with van der Waals surface area (Å²) in [6.45, 7) is 1.50. The molecule has 0 atom stereocenters. The lowest BCUT2D eigenvalue weighted by atomic mass is 10.3. The summed E-state index contributed by atoms with van der Waals surface area (Å²) >= 11 is 0. The van der Waals surface area contributed by atoms with Crippen LogP contribution in [0.15, 0.2) is 12.1 Å². The third-order valence-electron chi connectivity index (χ3n) is 1.49. The van der Waals surface area contributed by atoms with Crippen LogP contribution in [0.5, 0.6) is 5.75 Å². The molecule has 0 heterocycles. The summed E-state index contributed by atoms with van der Waals surface area (Å²) in [4.78, 5) is 10.7. The third-order valence-corrected chi connectivity index (χ3v) is 1.49. The molecule has 0 amide bonds. The first-order valence-electron chi connectivity index (χ1n) is 3.89. The van der Waals surface area contributed by atoms with E-state index in [2.05, 4.69) is 4.74 Å². The van der Waals surface area contributed by atoms with Gasteiger partial charge in [0.05, 0.1) is 0 Å². The van der Waals surface area contributed by atoms with Crippen molar-refractivity contribution in [2.24, 2.45) is 0 Å². The van der Waals surface area contributed by atoms with Gasteiger partial charge in [-0.15, -0.1) is 0 Å². The van der Waals surface area contributed by atoms with Gasteiger partial charge in [-0.2, -0.15) is 0 Å². The van der Waals surface area contributed by atoms with Crippen molar-refractivity contribution in [3.63, 3.8) is 0 Å². The van der Waals surface area contributed by atoms with Crippen molar-refractivity contribution >= 4 is 5.97 Å². The Balaban J connectivity index is 2.98. The highest BCUT2D eigenvalue weighted by Gasteiger charge is 2.12. The van der Waals surface area contributed by atoms with Gasteiger partial charge in [-0.1, -0.05) is 6.92 Å². The SMILES string of the molecule is CCC(=O)Oc1cc(F)c(F)cc1F. The molecule has 0 aliphatic carbocycles. The Morgan fingerprint density at radius 2 is 1.79 bits per heavy atom. The second-order valence-corrected chi connectivity index (χ2v) is 2.52. The molecule has 0 aliphatic heterocycles. The Kier molecular flexibility index (Phi) is 3.11. The second-order valence-electron chi connectivity index (χ2n) is 2.52. The molecule has 5 heteroatoms. The highest BCUT2D eigenvalue weighted by molar-refractivity contribution is 5.71. The summed E-state index contributed by atoms with van der Waals surface area (Å²) in [6, 6.07) is 0.825. The number of rotatable bonds is 2. The summed E-state index contributed by atoms with van der Waals surface area (Å²) in [6.07, 6.45) is 0.0262. The first kappa shape index (κ1) is 10.6. The predicted octanol–water partition coefficient (Wildman–Crippen LogP) is 2.42. The lowest BCUT2D eigenvalue weighted by Gasteiger charge is -2.04.